The smallest absolute Gasteiger partial charge is 0.285 e. The molecule has 0 heterocycles. The predicted octanol–water partition coefficient (Wildman–Crippen LogP) is 0.0268. The maximum absolute atomic E-state index is 10.7. The highest BCUT2D eigenvalue weighted by molar-refractivity contribution is 7.86. The molecule has 2 atom stereocenters. The summed E-state index contributed by atoms with van der Waals surface area (Å²) in [5.74, 6) is 0. The van der Waals surface area contributed by atoms with Crippen molar-refractivity contribution < 1.29 is 30.1 Å². The highest BCUT2D eigenvalue weighted by atomic mass is 32.3. The van der Waals surface area contributed by atoms with Crippen LogP contribution in [0.4, 0.5) is 0 Å². The fourth-order valence-electron chi connectivity index (χ4n) is 0.913. The quantitative estimate of drug-likeness (QED) is 0.510. The van der Waals surface area contributed by atoms with Gasteiger partial charge in [-0.25, -0.2) is 4.18 Å². The molecule has 0 aromatic heterocycles. The molecule has 0 aromatic carbocycles. The third-order valence-electron chi connectivity index (χ3n) is 1.50. The van der Waals surface area contributed by atoms with Crippen LogP contribution in [0.5, 0.6) is 0 Å². The van der Waals surface area contributed by atoms with Crippen LogP contribution in [0, 0.1) is 0 Å². The molecule has 0 saturated carbocycles. The second-order valence-corrected chi connectivity index (χ2v) is 5.54. The summed E-state index contributed by atoms with van der Waals surface area (Å²) in [6, 6.07) is 0. The third-order valence-corrected chi connectivity index (χ3v) is 3.22. The van der Waals surface area contributed by atoms with Gasteiger partial charge in [0.25, 0.3) is 10.1 Å². The Balaban J connectivity index is 4.53. The summed E-state index contributed by atoms with van der Waals surface area (Å²) in [4.78, 5) is 0. The highest BCUT2D eigenvalue weighted by Gasteiger charge is 2.24. The summed E-state index contributed by atoms with van der Waals surface area (Å²) in [6.07, 6.45) is -0.480. The Morgan fingerprint density at radius 3 is 2.07 bits per heavy atom. The van der Waals surface area contributed by atoms with Crippen molar-refractivity contribution in [2.45, 2.75) is 24.7 Å². The molecule has 15 heavy (non-hydrogen) atoms. The lowest BCUT2D eigenvalue weighted by molar-refractivity contribution is 0.189. The van der Waals surface area contributed by atoms with Gasteiger partial charge in [-0.3, -0.25) is 9.11 Å². The van der Waals surface area contributed by atoms with Gasteiger partial charge in [-0.1, -0.05) is 6.08 Å². The Labute approximate surface area is 88.5 Å². The van der Waals surface area contributed by atoms with Gasteiger partial charge in [0, 0.05) is 0 Å². The Bertz CT molecular complexity index is 407. The molecule has 0 aromatic rings. The Kier molecular flexibility index (Phi) is 4.87. The van der Waals surface area contributed by atoms with Gasteiger partial charge in [-0.05, 0) is 13.3 Å². The Hall–Kier alpha value is -0.480. The minimum absolute atomic E-state index is 0.331. The van der Waals surface area contributed by atoms with Crippen molar-refractivity contribution in [3.05, 3.63) is 12.7 Å². The first-order chi connectivity index (χ1) is 6.56. The van der Waals surface area contributed by atoms with E-state index < -0.39 is 31.9 Å². The zero-order chi connectivity index (χ0) is 12.3. The maximum Gasteiger partial charge on any atom is 0.397 e. The van der Waals surface area contributed by atoms with Gasteiger partial charge in [0.1, 0.15) is 5.25 Å². The zero-order valence-electron chi connectivity index (χ0n) is 7.90. The van der Waals surface area contributed by atoms with Crippen LogP contribution in [0.3, 0.4) is 0 Å². The van der Waals surface area contributed by atoms with Crippen molar-refractivity contribution in [2.75, 3.05) is 0 Å². The first-order valence-corrected chi connectivity index (χ1v) is 6.67. The van der Waals surface area contributed by atoms with Crippen LogP contribution in [0.15, 0.2) is 12.7 Å². The van der Waals surface area contributed by atoms with E-state index in [1.165, 1.54) is 6.92 Å². The first kappa shape index (κ1) is 14.5. The first-order valence-electron chi connectivity index (χ1n) is 3.81. The van der Waals surface area contributed by atoms with Gasteiger partial charge < -0.3 is 0 Å². The molecular weight excluding hydrogens is 248 g/mol. The Morgan fingerprint density at radius 1 is 1.33 bits per heavy atom. The van der Waals surface area contributed by atoms with E-state index in [1.807, 2.05) is 0 Å². The number of rotatable bonds is 6. The van der Waals surface area contributed by atoms with Crippen LogP contribution in [0.1, 0.15) is 13.3 Å². The molecule has 0 bridgehead atoms. The van der Waals surface area contributed by atoms with Crippen LogP contribution < -0.4 is 0 Å². The maximum atomic E-state index is 10.7. The summed E-state index contributed by atoms with van der Waals surface area (Å²) in [5, 5.41) is -1.34. The van der Waals surface area contributed by atoms with Gasteiger partial charge in [-0.15, -0.1) is 6.58 Å². The highest BCUT2D eigenvalue weighted by Crippen LogP contribution is 2.12. The molecule has 0 fully saturated rings. The average Bonchev–Trinajstić information content (AvgIpc) is 1.94. The summed E-state index contributed by atoms with van der Waals surface area (Å²) in [7, 11) is -8.97. The summed E-state index contributed by atoms with van der Waals surface area (Å²) < 4.78 is 62.9. The van der Waals surface area contributed by atoms with E-state index >= 15 is 0 Å². The third kappa shape index (κ3) is 6.57. The monoisotopic (exact) mass is 260 g/mol. The van der Waals surface area contributed by atoms with Crippen LogP contribution in [-0.4, -0.2) is 37.3 Å². The van der Waals surface area contributed by atoms with Gasteiger partial charge in [0.2, 0.25) is 0 Å². The molecule has 0 rings (SSSR count). The molecule has 0 amide bonds. The molecule has 0 aliphatic rings. The standard InChI is InChI=1S/C6H12O7S2/c1-3-6(14(7,8)9)4-5(2)13-15(10,11)12/h3,5-6H,1,4H2,2H3,(H,7,8,9)(H,10,11,12). The van der Waals surface area contributed by atoms with Crippen molar-refractivity contribution in [2.24, 2.45) is 0 Å². The van der Waals surface area contributed by atoms with E-state index in [1.54, 1.807) is 0 Å². The van der Waals surface area contributed by atoms with Crippen LogP contribution in [0.25, 0.3) is 0 Å². The molecule has 9 heteroatoms. The number of hydrogen-bond donors (Lipinski definition) is 2. The van der Waals surface area contributed by atoms with Gasteiger partial charge >= 0.3 is 10.4 Å². The fourth-order valence-corrected chi connectivity index (χ4v) is 2.16. The van der Waals surface area contributed by atoms with Gasteiger partial charge in [-0.2, -0.15) is 16.8 Å². The van der Waals surface area contributed by atoms with Crippen molar-refractivity contribution >= 4 is 20.5 Å². The van der Waals surface area contributed by atoms with Gasteiger partial charge in [0.15, 0.2) is 0 Å². The molecule has 0 saturated heterocycles. The lowest BCUT2D eigenvalue weighted by Crippen LogP contribution is -2.25. The second kappa shape index (κ2) is 5.03. The zero-order valence-corrected chi connectivity index (χ0v) is 9.53. The van der Waals surface area contributed by atoms with Crippen molar-refractivity contribution in [1.29, 1.82) is 0 Å². The largest absolute Gasteiger partial charge is 0.397 e. The van der Waals surface area contributed by atoms with E-state index in [4.69, 9.17) is 9.11 Å². The second-order valence-electron chi connectivity index (χ2n) is 2.86. The molecule has 2 unspecified atom stereocenters. The van der Waals surface area contributed by atoms with Crippen molar-refractivity contribution in [3.63, 3.8) is 0 Å². The SMILES string of the molecule is C=CC(CC(C)OS(=O)(=O)O)S(=O)(=O)O. The summed E-state index contributed by atoms with van der Waals surface area (Å²) in [6.45, 7) is 4.40. The Morgan fingerprint density at radius 2 is 1.80 bits per heavy atom. The van der Waals surface area contributed by atoms with E-state index in [2.05, 4.69) is 10.8 Å². The normalized spacial score (nSPS) is 17.0. The van der Waals surface area contributed by atoms with Gasteiger partial charge in [0.05, 0.1) is 6.10 Å². The van der Waals surface area contributed by atoms with E-state index in [9.17, 15) is 16.8 Å². The molecule has 0 radical (unpaired) electrons. The van der Waals surface area contributed by atoms with E-state index in [-0.39, 0.29) is 6.42 Å². The van der Waals surface area contributed by atoms with Crippen molar-refractivity contribution in [3.8, 4) is 0 Å². The predicted molar refractivity (Wildman–Crippen MR) is 52.2 cm³/mol. The molecule has 7 nitrogen and oxygen atoms in total. The molecule has 2 N–H and O–H groups in total. The van der Waals surface area contributed by atoms with Crippen molar-refractivity contribution in [1.82, 2.24) is 0 Å². The molecule has 0 aliphatic carbocycles. The lowest BCUT2D eigenvalue weighted by atomic mass is 10.2. The lowest BCUT2D eigenvalue weighted by Gasteiger charge is -2.14. The fraction of sp³-hybridized carbons (Fsp3) is 0.667. The number of hydrogen-bond acceptors (Lipinski definition) is 5. The topological polar surface area (TPSA) is 118 Å². The minimum atomic E-state index is -4.63. The minimum Gasteiger partial charge on any atom is -0.285 e. The van der Waals surface area contributed by atoms with Crippen LogP contribution >= 0.6 is 0 Å². The molecule has 0 spiro atoms. The molecule has 90 valence electrons. The molecule has 0 aliphatic heterocycles. The summed E-state index contributed by atoms with van der Waals surface area (Å²) in [5.41, 5.74) is 0. The van der Waals surface area contributed by atoms with Crippen LogP contribution in [0.2, 0.25) is 0 Å². The van der Waals surface area contributed by atoms with E-state index in [0.717, 1.165) is 6.08 Å². The van der Waals surface area contributed by atoms with E-state index in [0.29, 0.717) is 0 Å². The summed E-state index contributed by atoms with van der Waals surface area (Å²) >= 11 is 0. The molecular formula is C6H12O7S2. The average molecular weight is 260 g/mol. The van der Waals surface area contributed by atoms with Crippen LogP contribution in [-0.2, 0) is 24.7 Å².